The Kier molecular flexibility index (Phi) is 5.35. The van der Waals surface area contributed by atoms with Gasteiger partial charge in [0.25, 0.3) is 0 Å². The topological polar surface area (TPSA) is 61.5 Å². The Morgan fingerprint density at radius 3 is 2.33 bits per heavy atom. The van der Waals surface area contributed by atoms with Gasteiger partial charge in [0.2, 0.25) is 0 Å². The molecule has 0 atom stereocenters. The number of benzene rings is 2. The van der Waals surface area contributed by atoms with Crippen molar-refractivity contribution >= 4 is 5.97 Å². The maximum Gasteiger partial charge on any atom is 0.310 e. The number of hydrogen-bond acceptors (Lipinski definition) is 4. The van der Waals surface area contributed by atoms with E-state index in [2.05, 4.69) is 6.07 Å². The van der Waals surface area contributed by atoms with Crippen LogP contribution in [0.15, 0.2) is 48.5 Å². The van der Waals surface area contributed by atoms with Crippen LogP contribution in [-0.2, 0) is 17.9 Å². The number of carbonyl (C=O) groups excluding carboxylic acids is 1. The molecule has 0 amide bonds. The summed E-state index contributed by atoms with van der Waals surface area (Å²) in [6.45, 7) is 3.06. The summed E-state index contributed by atoms with van der Waals surface area (Å²) in [4.78, 5) is 10.9. The Hall–Kier alpha value is -2.33. The van der Waals surface area contributed by atoms with Crippen LogP contribution < -0.4 is 15.2 Å². The van der Waals surface area contributed by atoms with Gasteiger partial charge in [0.1, 0.15) is 18.1 Å². The summed E-state index contributed by atoms with van der Waals surface area (Å²) in [5.41, 5.74) is 7.77. The zero-order valence-corrected chi connectivity index (χ0v) is 12.0. The van der Waals surface area contributed by atoms with Crippen LogP contribution in [0.2, 0.25) is 0 Å². The van der Waals surface area contributed by atoms with Crippen molar-refractivity contribution in [2.75, 3.05) is 0 Å². The van der Waals surface area contributed by atoms with Gasteiger partial charge in [0, 0.05) is 18.5 Å². The van der Waals surface area contributed by atoms with Gasteiger partial charge in [0.05, 0.1) is 0 Å². The number of nitrogens with two attached hydrogens (primary N) is 1. The summed E-state index contributed by atoms with van der Waals surface area (Å²) in [5, 5.41) is 0. The fraction of sp³-hybridized carbons (Fsp3) is 0.235. The molecule has 0 saturated heterocycles. The van der Waals surface area contributed by atoms with E-state index in [1.54, 1.807) is 19.1 Å². The van der Waals surface area contributed by atoms with Gasteiger partial charge in [-0.3, -0.25) is 4.79 Å². The number of esters is 1. The van der Waals surface area contributed by atoms with Gasteiger partial charge in [-0.1, -0.05) is 37.3 Å². The first kappa shape index (κ1) is 15.1. The molecule has 2 N–H and O–H groups in total. The van der Waals surface area contributed by atoms with E-state index < -0.39 is 0 Å². The zero-order valence-electron chi connectivity index (χ0n) is 12.0. The van der Waals surface area contributed by atoms with E-state index in [-0.39, 0.29) is 5.97 Å². The first-order valence-electron chi connectivity index (χ1n) is 6.93. The molecule has 0 spiro atoms. The number of ether oxygens (including phenoxy) is 2. The molecule has 1 aliphatic heterocycles. The SMILES string of the molecule is CCC(=O)Oc1ccc(CN)cc1.c1ccc2c(c1)CO2. The molecule has 2 aromatic carbocycles. The maximum atomic E-state index is 10.9. The van der Waals surface area contributed by atoms with Crippen molar-refractivity contribution in [1.29, 1.82) is 0 Å². The summed E-state index contributed by atoms with van der Waals surface area (Å²) in [5.74, 6) is 1.40. The van der Waals surface area contributed by atoms with Crippen molar-refractivity contribution in [2.45, 2.75) is 26.5 Å². The molecule has 3 rings (SSSR count). The molecule has 0 saturated carbocycles. The zero-order chi connectivity index (χ0) is 15.1. The molecule has 1 heterocycles. The Balaban J connectivity index is 0.000000170. The summed E-state index contributed by atoms with van der Waals surface area (Å²) in [6.07, 6.45) is 0.388. The van der Waals surface area contributed by atoms with E-state index in [1.807, 2.05) is 30.3 Å². The number of rotatable bonds is 3. The molecule has 110 valence electrons. The van der Waals surface area contributed by atoms with Crippen LogP contribution in [-0.4, -0.2) is 5.97 Å². The highest BCUT2D eigenvalue weighted by Crippen LogP contribution is 2.27. The highest BCUT2D eigenvalue weighted by molar-refractivity contribution is 5.71. The van der Waals surface area contributed by atoms with Crippen LogP contribution in [0.3, 0.4) is 0 Å². The second kappa shape index (κ2) is 7.45. The van der Waals surface area contributed by atoms with Gasteiger partial charge in [-0.15, -0.1) is 0 Å². The molecule has 4 heteroatoms. The van der Waals surface area contributed by atoms with E-state index in [0.717, 1.165) is 17.9 Å². The number of para-hydroxylation sites is 1. The minimum Gasteiger partial charge on any atom is -0.488 e. The van der Waals surface area contributed by atoms with E-state index in [4.69, 9.17) is 15.2 Å². The standard InChI is InChI=1S/C10H13NO2.C7H6O/c1-2-10(12)13-9-5-3-8(7-11)4-6-9;1-2-4-7-6(3-1)5-8-7/h3-6H,2,7,11H2,1H3;1-4H,5H2. The van der Waals surface area contributed by atoms with Crippen molar-refractivity contribution < 1.29 is 14.3 Å². The van der Waals surface area contributed by atoms with E-state index in [1.165, 1.54) is 5.56 Å². The van der Waals surface area contributed by atoms with Crippen molar-refractivity contribution in [3.8, 4) is 11.5 Å². The van der Waals surface area contributed by atoms with Gasteiger partial charge in [-0.25, -0.2) is 0 Å². The first-order valence-corrected chi connectivity index (χ1v) is 6.93. The van der Waals surface area contributed by atoms with Crippen molar-refractivity contribution in [2.24, 2.45) is 5.73 Å². The van der Waals surface area contributed by atoms with Gasteiger partial charge in [0.15, 0.2) is 0 Å². The Bertz CT molecular complexity index is 570. The molecule has 0 aliphatic carbocycles. The monoisotopic (exact) mass is 285 g/mol. The Morgan fingerprint density at radius 2 is 1.90 bits per heavy atom. The largest absolute Gasteiger partial charge is 0.488 e. The van der Waals surface area contributed by atoms with Gasteiger partial charge in [-0.05, 0) is 23.8 Å². The van der Waals surface area contributed by atoms with Crippen molar-refractivity contribution in [1.82, 2.24) is 0 Å². The molecular weight excluding hydrogens is 266 g/mol. The minimum absolute atomic E-state index is 0.222. The smallest absolute Gasteiger partial charge is 0.310 e. The molecule has 0 bridgehead atoms. The fourth-order valence-corrected chi connectivity index (χ4v) is 1.74. The normalized spacial score (nSPS) is 11.1. The average Bonchev–Trinajstić information content (AvgIpc) is 2.50. The molecular formula is C17H19NO3. The lowest BCUT2D eigenvalue weighted by Crippen LogP contribution is -2.07. The van der Waals surface area contributed by atoms with Crippen molar-refractivity contribution in [3.05, 3.63) is 59.7 Å². The van der Waals surface area contributed by atoms with Crippen LogP contribution in [0.5, 0.6) is 11.5 Å². The lowest BCUT2D eigenvalue weighted by molar-refractivity contribution is -0.134. The van der Waals surface area contributed by atoms with Crippen LogP contribution >= 0.6 is 0 Å². The van der Waals surface area contributed by atoms with Crippen LogP contribution in [0, 0.1) is 0 Å². The quantitative estimate of drug-likeness (QED) is 0.695. The second-order valence-electron chi connectivity index (χ2n) is 4.57. The lowest BCUT2D eigenvalue weighted by atomic mass is 10.1. The Morgan fingerprint density at radius 1 is 1.19 bits per heavy atom. The molecule has 1 aliphatic rings. The molecule has 2 aromatic rings. The molecule has 0 fully saturated rings. The Labute approximate surface area is 124 Å². The molecule has 0 unspecified atom stereocenters. The predicted octanol–water partition coefficient (Wildman–Crippen LogP) is 3.04. The summed E-state index contributed by atoms with van der Waals surface area (Å²) in [7, 11) is 0. The van der Waals surface area contributed by atoms with Crippen molar-refractivity contribution in [3.63, 3.8) is 0 Å². The minimum atomic E-state index is -0.222. The van der Waals surface area contributed by atoms with Crippen LogP contribution in [0.4, 0.5) is 0 Å². The van der Waals surface area contributed by atoms with E-state index in [0.29, 0.717) is 18.7 Å². The molecule has 21 heavy (non-hydrogen) atoms. The van der Waals surface area contributed by atoms with Gasteiger partial charge >= 0.3 is 5.97 Å². The molecule has 4 nitrogen and oxygen atoms in total. The van der Waals surface area contributed by atoms with Gasteiger partial charge in [-0.2, -0.15) is 0 Å². The summed E-state index contributed by atoms with van der Waals surface area (Å²) in [6, 6.07) is 15.3. The van der Waals surface area contributed by atoms with Gasteiger partial charge < -0.3 is 15.2 Å². The second-order valence-corrected chi connectivity index (χ2v) is 4.57. The molecule has 0 aromatic heterocycles. The third-order valence-electron chi connectivity index (χ3n) is 3.04. The number of carbonyl (C=O) groups is 1. The number of hydrogen-bond donors (Lipinski definition) is 1. The third kappa shape index (κ3) is 4.33. The number of fused-ring (bicyclic) bond motifs is 1. The average molecular weight is 285 g/mol. The maximum absolute atomic E-state index is 10.9. The van der Waals surface area contributed by atoms with E-state index in [9.17, 15) is 4.79 Å². The van der Waals surface area contributed by atoms with Crippen LogP contribution in [0.25, 0.3) is 0 Å². The van der Waals surface area contributed by atoms with Crippen LogP contribution in [0.1, 0.15) is 24.5 Å². The highest BCUT2D eigenvalue weighted by Gasteiger charge is 2.10. The fourth-order valence-electron chi connectivity index (χ4n) is 1.74. The summed E-state index contributed by atoms with van der Waals surface area (Å²) < 4.78 is 10.1. The first-order chi connectivity index (χ1) is 10.2. The highest BCUT2D eigenvalue weighted by atomic mass is 16.5. The summed E-state index contributed by atoms with van der Waals surface area (Å²) >= 11 is 0. The van der Waals surface area contributed by atoms with E-state index >= 15 is 0 Å². The lowest BCUT2D eigenvalue weighted by Gasteiger charge is -2.18. The molecule has 0 radical (unpaired) electrons. The third-order valence-corrected chi connectivity index (χ3v) is 3.04. The predicted molar refractivity (Wildman–Crippen MR) is 81.0 cm³/mol.